The molecule has 17 heavy (non-hydrogen) atoms. The lowest BCUT2D eigenvalue weighted by atomic mass is 10.0. The number of likely N-dealkylation sites (N-methyl/N-ethyl adjacent to an activating group) is 1. The quantitative estimate of drug-likeness (QED) is 0.762. The Balaban J connectivity index is 2.06. The van der Waals surface area contributed by atoms with Gasteiger partial charge in [0.25, 0.3) is 0 Å². The second-order valence-corrected chi connectivity index (χ2v) is 4.97. The highest BCUT2D eigenvalue weighted by Gasteiger charge is 2.15. The molecule has 0 spiro atoms. The van der Waals surface area contributed by atoms with E-state index in [1.165, 1.54) is 5.57 Å². The van der Waals surface area contributed by atoms with Crippen LogP contribution in [0.4, 0.5) is 0 Å². The maximum atomic E-state index is 5.97. The molecule has 3 rings (SSSR count). The fourth-order valence-corrected chi connectivity index (χ4v) is 2.43. The molecule has 0 unspecified atom stereocenters. The Morgan fingerprint density at radius 3 is 3.00 bits per heavy atom. The Bertz CT molecular complexity index is 585. The lowest BCUT2D eigenvalue weighted by molar-refractivity contribution is 0.367. The lowest BCUT2D eigenvalue weighted by Gasteiger charge is -2.20. The first kappa shape index (κ1) is 10.9. The van der Waals surface area contributed by atoms with Crippen molar-refractivity contribution < 1.29 is 4.42 Å². The van der Waals surface area contributed by atoms with Crippen LogP contribution >= 0.6 is 11.6 Å². The molecule has 0 amide bonds. The van der Waals surface area contributed by atoms with Crippen molar-refractivity contribution in [3.05, 3.63) is 41.3 Å². The smallest absolute Gasteiger partial charge is 0.137 e. The average molecular weight is 248 g/mol. The molecule has 88 valence electrons. The highest BCUT2D eigenvalue weighted by molar-refractivity contribution is 6.31. The van der Waals surface area contributed by atoms with Crippen molar-refractivity contribution in [3.8, 4) is 0 Å². The van der Waals surface area contributed by atoms with Gasteiger partial charge in [-0.2, -0.15) is 0 Å². The molecule has 0 aliphatic carbocycles. The molecule has 0 saturated carbocycles. The minimum atomic E-state index is 0.752. The van der Waals surface area contributed by atoms with Crippen LogP contribution in [0, 0.1) is 0 Å². The highest BCUT2D eigenvalue weighted by atomic mass is 35.5. The minimum Gasteiger partial charge on any atom is -0.463 e. The van der Waals surface area contributed by atoms with E-state index in [1.807, 2.05) is 18.2 Å². The van der Waals surface area contributed by atoms with Crippen molar-refractivity contribution in [2.24, 2.45) is 0 Å². The third-order valence-corrected chi connectivity index (χ3v) is 3.50. The fraction of sp³-hybridized carbons (Fsp3) is 0.286. The maximum Gasteiger partial charge on any atom is 0.137 e. The van der Waals surface area contributed by atoms with E-state index < -0.39 is 0 Å². The minimum absolute atomic E-state index is 0.752. The number of hydrogen-bond acceptors (Lipinski definition) is 2. The van der Waals surface area contributed by atoms with Crippen molar-refractivity contribution in [2.75, 3.05) is 20.1 Å². The maximum absolute atomic E-state index is 5.97. The molecule has 1 aromatic carbocycles. The van der Waals surface area contributed by atoms with E-state index in [0.29, 0.717) is 0 Å². The summed E-state index contributed by atoms with van der Waals surface area (Å²) in [6.45, 7) is 2.08. The van der Waals surface area contributed by atoms with Gasteiger partial charge >= 0.3 is 0 Å². The van der Waals surface area contributed by atoms with Gasteiger partial charge in [-0.05, 0) is 37.2 Å². The zero-order valence-electron chi connectivity index (χ0n) is 9.74. The Morgan fingerprint density at radius 2 is 2.24 bits per heavy atom. The molecule has 0 bridgehead atoms. The summed E-state index contributed by atoms with van der Waals surface area (Å²) in [5, 5.41) is 2.99. The second kappa shape index (κ2) is 4.21. The number of hydrogen-bond donors (Lipinski definition) is 0. The van der Waals surface area contributed by atoms with Crippen LogP contribution in [0.15, 0.2) is 35.0 Å². The van der Waals surface area contributed by atoms with Gasteiger partial charge in [-0.1, -0.05) is 17.7 Å². The standard InChI is InChI=1S/C14H14ClNO/c1-16-6-4-10(5-7-16)14-13-3-2-12(15)8-11(13)9-17-14/h2-4,8-9H,5-7H2,1H3. The molecule has 2 nitrogen and oxygen atoms in total. The third kappa shape index (κ3) is 1.99. The lowest BCUT2D eigenvalue weighted by Crippen LogP contribution is -2.23. The number of benzene rings is 1. The Morgan fingerprint density at radius 1 is 1.35 bits per heavy atom. The molecule has 1 aromatic heterocycles. The molecule has 2 aromatic rings. The summed E-state index contributed by atoms with van der Waals surface area (Å²) in [6.07, 6.45) is 5.08. The summed E-state index contributed by atoms with van der Waals surface area (Å²) in [7, 11) is 2.13. The Labute approximate surface area is 105 Å². The van der Waals surface area contributed by atoms with Crippen LogP contribution in [0.1, 0.15) is 12.2 Å². The summed E-state index contributed by atoms with van der Waals surface area (Å²) < 4.78 is 5.70. The van der Waals surface area contributed by atoms with Crippen molar-refractivity contribution in [3.63, 3.8) is 0 Å². The first-order valence-corrected chi connectivity index (χ1v) is 6.16. The molecule has 0 N–H and O–H groups in total. The SMILES string of the molecule is CN1CC=C(c2occ3cc(Cl)ccc23)CC1. The normalized spacial score (nSPS) is 17.4. The van der Waals surface area contributed by atoms with E-state index in [4.69, 9.17) is 16.0 Å². The van der Waals surface area contributed by atoms with Crippen LogP contribution in [0.3, 0.4) is 0 Å². The Kier molecular flexibility index (Phi) is 2.69. The van der Waals surface area contributed by atoms with Crippen LogP contribution in [0.5, 0.6) is 0 Å². The van der Waals surface area contributed by atoms with E-state index >= 15 is 0 Å². The average Bonchev–Trinajstić information content (AvgIpc) is 2.73. The second-order valence-electron chi connectivity index (χ2n) is 4.54. The van der Waals surface area contributed by atoms with Gasteiger partial charge < -0.3 is 9.32 Å². The van der Waals surface area contributed by atoms with Gasteiger partial charge in [0.05, 0.1) is 6.26 Å². The summed E-state index contributed by atoms with van der Waals surface area (Å²) in [5.74, 6) is 1.00. The van der Waals surface area contributed by atoms with E-state index in [-0.39, 0.29) is 0 Å². The van der Waals surface area contributed by atoms with E-state index in [2.05, 4.69) is 18.0 Å². The van der Waals surface area contributed by atoms with Crippen LogP contribution in [0.25, 0.3) is 16.3 Å². The third-order valence-electron chi connectivity index (χ3n) is 3.27. The van der Waals surface area contributed by atoms with Crippen molar-refractivity contribution in [1.82, 2.24) is 4.90 Å². The van der Waals surface area contributed by atoms with Crippen LogP contribution in [-0.4, -0.2) is 25.0 Å². The fourth-order valence-electron chi connectivity index (χ4n) is 2.25. The monoisotopic (exact) mass is 247 g/mol. The number of furan rings is 1. The number of rotatable bonds is 1. The predicted octanol–water partition coefficient (Wildman–Crippen LogP) is 3.81. The highest BCUT2D eigenvalue weighted by Crippen LogP contribution is 2.31. The van der Waals surface area contributed by atoms with Gasteiger partial charge in [0, 0.05) is 28.9 Å². The van der Waals surface area contributed by atoms with Crippen LogP contribution in [-0.2, 0) is 0 Å². The molecule has 3 heteroatoms. The van der Waals surface area contributed by atoms with Crippen molar-refractivity contribution in [1.29, 1.82) is 0 Å². The largest absolute Gasteiger partial charge is 0.463 e. The van der Waals surface area contributed by atoms with Gasteiger partial charge in [-0.15, -0.1) is 0 Å². The summed E-state index contributed by atoms with van der Waals surface area (Å²) in [4.78, 5) is 2.30. The van der Waals surface area contributed by atoms with Gasteiger partial charge in [0.1, 0.15) is 5.76 Å². The van der Waals surface area contributed by atoms with Crippen molar-refractivity contribution in [2.45, 2.75) is 6.42 Å². The van der Waals surface area contributed by atoms with E-state index in [1.54, 1.807) is 6.26 Å². The molecule has 0 atom stereocenters. The van der Waals surface area contributed by atoms with Gasteiger partial charge in [0.2, 0.25) is 0 Å². The molecule has 0 radical (unpaired) electrons. The summed E-state index contributed by atoms with van der Waals surface area (Å²) >= 11 is 5.97. The van der Waals surface area contributed by atoms with E-state index in [9.17, 15) is 0 Å². The van der Waals surface area contributed by atoms with Crippen molar-refractivity contribution >= 4 is 27.9 Å². The molecule has 1 aliphatic heterocycles. The first-order valence-electron chi connectivity index (χ1n) is 5.79. The molecular formula is C14H14ClNO. The van der Waals surface area contributed by atoms with Crippen LogP contribution in [0.2, 0.25) is 5.02 Å². The first-order chi connectivity index (χ1) is 8.24. The zero-order valence-corrected chi connectivity index (χ0v) is 10.5. The van der Waals surface area contributed by atoms with E-state index in [0.717, 1.165) is 41.1 Å². The van der Waals surface area contributed by atoms with Crippen LogP contribution < -0.4 is 0 Å². The van der Waals surface area contributed by atoms with Gasteiger partial charge in [-0.25, -0.2) is 0 Å². The number of nitrogens with zero attached hydrogens (tertiary/aromatic N) is 1. The number of halogens is 1. The zero-order chi connectivity index (χ0) is 11.8. The Hall–Kier alpha value is -1.25. The number of fused-ring (bicyclic) bond motifs is 1. The molecule has 1 aliphatic rings. The van der Waals surface area contributed by atoms with Gasteiger partial charge in [0.15, 0.2) is 0 Å². The summed E-state index contributed by atoms with van der Waals surface area (Å²) in [5.41, 5.74) is 1.31. The summed E-state index contributed by atoms with van der Waals surface area (Å²) in [6, 6.07) is 5.90. The molecule has 0 fully saturated rings. The topological polar surface area (TPSA) is 16.4 Å². The molecule has 2 heterocycles. The molecular weight excluding hydrogens is 234 g/mol. The van der Waals surface area contributed by atoms with Gasteiger partial charge in [-0.3, -0.25) is 0 Å². The molecule has 0 saturated heterocycles. The predicted molar refractivity (Wildman–Crippen MR) is 71.3 cm³/mol.